The first-order chi connectivity index (χ1) is 9.15. The normalized spacial score (nSPS) is 19.5. The number of benzene rings is 1. The third kappa shape index (κ3) is 4.05. The Kier molecular flexibility index (Phi) is 5.00. The summed E-state index contributed by atoms with van der Waals surface area (Å²) in [5.41, 5.74) is 3.42. The van der Waals surface area contributed by atoms with Crippen LogP contribution in [0.3, 0.4) is 0 Å². The van der Waals surface area contributed by atoms with Crippen molar-refractivity contribution in [3.63, 3.8) is 0 Å². The summed E-state index contributed by atoms with van der Waals surface area (Å²) in [6.45, 7) is 9.34. The smallest absolute Gasteiger partial charge is 0.0233 e. The molecule has 0 aliphatic carbocycles. The van der Waals surface area contributed by atoms with Crippen LogP contribution in [-0.4, -0.2) is 25.0 Å². The number of piperidine rings is 1. The van der Waals surface area contributed by atoms with Crippen LogP contribution in [0.2, 0.25) is 0 Å². The fraction of sp³-hybridized carbons (Fsp3) is 0.647. The number of nitrogens with zero attached hydrogens (tertiary/aromatic N) is 1. The Balaban J connectivity index is 1.90. The van der Waals surface area contributed by atoms with Crippen LogP contribution >= 0.6 is 0 Å². The monoisotopic (exact) mass is 260 g/mol. The Labute approximate surface area is 118 Å². The number of nitrogens with one attached hydrogen (secondary N) is 1. The van der Waals surface area contributed by atoms with Crippen LogP contribution in [0.1, 0.15) is 44.2 Å². The Hall–Kier alpha value is -0.860. The highest BCUT2D eigenvalue weighted by molar-refractivity contribution is 5.23. The first-order valence-corrected chi connectivity index (χ1v) is 7.60. The van der Waals surface area contributed by atoms with Gasteiger partial charge in [0.05, 0.1) is 0 Å². The molecule has 2 heteroatoms. The van der Waals surface area contributed by atoms with Crippen molar-refractivity contribution in [2.45, 2.75) is 46.2 Å². The Morgan fingerprint density at radius 1 is 1.21 bits per heavy atom. The van der Waals surface area contributed by atoms with Gasteiger partial charge < -0.3 is 5.32 Å². The summed E-state index contributed by atoms with van der Waals surface area (Å²) in [6.07, 6.45) is 4.01. The Bertz CT molecular complexity index is 392. The molecule has 2 rings (SSSR count). The van der Waals surface area contributed by atoms with Gasteiger partial charge in [-0.25, -0.2) is 0 Å². The van der Waals surface area contributed by atoms with Crippen molar-refractivity contribution in [2.24, 2.45) is 5.41 Å². The highest BCUT2D eigenvalue weighted by atomic mass is 15.1. The van der Waals surface area contributed by atoms with Crippen molar-refractivity contribution in [3.8, 4) is 0 Å². The molecule has 0 amide bonds. The first-order valence-electron chi connectivity index (χ1n) is 7.60. The molecule has 0 saturated carbocycles. The maximum absolute atomic E-state index is 3.22. The fourth-order valence-corrected chi connectivity index (χ4v) is 2.90. The lowest BCUT2D eigenvalue weighted by Crippen LogP contribution is -2.37. The van der Waals surface area contributed by atoms with Gasteiger partial charge in [0.2, 0.25) is 0 Å². The van der Waals surface area contributed by atoms with Gasteiger partial charge >= 0.3 is 0 Å². The molecule has 1 aliphatic rings. The molecule has 0 spiro atoms. The van der Waals surface area contributed by atoms with E-state index < -0.39 is 0 Å². The lowest BCUT2D eigenvalue weighted by atomic mass is 9.78. The molecule has 1 aromatic carbocycles. The second-order valence-corrected chi connectivity index (χ2v) is 6.29. The number of hydrogen-bond donors (Lipinski definition) is 1. The molecule has 1 aromatic rings. The summed E-state index contributed by atoms with van der Waals surface area (Å²) in [5, 5.41) is 3.22. The number of likely N-dealkylation sites (tertiary alicyclic amines) is 1. The SMILES string of the molecule is CCC1(C)CCN(Cc2cccc(CNC)c2)CC1. The van der Waals surface area contributed by atoms with Gasteiger partial charge in [0.25, 0.3) is 0 Å². The van der Waals surface area contributed by atoms with Crippen LogP contribution in [0, 0.1) is 5.41 Å². The summed E-state index contributed by atoms with van der Waals surface area (Å²) < 4.78 is 0. The summed E-state index contributed by atoms with van der Waals surface area (Å²) >= 11 is 0. The molecule has 0 aromatic heterocycles. The van der Waals surface area contributed by atoms with E-state index in [1.807, 2.05) is 7.05 Å². The van der Waals surface area contributed by atoms with Crippen LogP contribution in [0.15, 0.2) is 24.3 Å². The second-order valence-electron chi connectivity index (χ2n) is 6.29. The summed E-state index contributed by atoms with van der Waals surface area (Å²) in [7, 11) is 2.00. The zero-order valence-corrected chi connectivity index (χ0v) is 12.7. The van der Waals surface area contributed by atoms with Gasteiger partial charge in [-0.05, 0) is 49.5 Å². The molecule has 0 bridgehead atoms. The zero-order valence-electron chi connectivity index (χ0n) is 12.7. The molecule has 1 heterocycles. The molecule has 0 radical (unpaired) electrons. The summed E-state index contributed by atoms with van der Waals surface area (Å²) in [6, 6.07) is 8.98. The Morgan fingerprint density at radius 3 is 2.53 bits per heavy atom. The van der Waals surface area contributed by atoms with E-state index in [1.54, 1.807) is 0 Å². The van der Waals surface area contributed by atoms with E-state index in [0.29, 0.717) is 5.41 Å². The van der Waals surface area contributed by atoms with Gasteiger partial charge in [0.1, 0.15) is 0 Å². The minimum Gasteiger partial charge on any atom is -0.316 e. The first kappa shape index (κ1) is 14.5. The van der Waals surface area contributed by atoms with Gasteiger partial charge in [-0.2, -0.15) is 0 Å². The van der Waals surface area contributed by atoms with Crippen molar-refractivity contribution in [2.75, 3.05) is 20.1 Å². The van der Waals surface area contributed by atoms with E-state index in [-0.39, 0.29) is 0 Å². The van der Waals surface area contributed by atoms with E-state index in [9.17, 15) is 0 Å². The van der Waals surface area contributed by atoms with Crippen LogP contribution in [0.25, 0.3) is 0 Å². The van der Waals surface area contributed by atoms with Gasteiger partial charge in [-0.15, -0.1) is 0 Å². The molecule has 1 aliphatic heterocycles. The third-order valence-corrected chi connectivity index (χ3v) is 4.70. The largest absolute Gasteiger partial charge is 0.316 e. The fourth-order valence-electron chi connectivity index (χ4n) is 2.90. The van der Waals surface area contributed by atoms with Crippen LogP contribution in [0.5, 0.6) is 0 Å². The summed E-state index contributed by atoms with van der Waals surface area (Å²) in [4.78, 5) is 2.61. The third-order valence-electron chi connectivity index (χ3n) is 4.70. The highest BCUT2D eigenvalue weighted by Crippen LogP contribution is 2.34. The molecule has 1 N–H and O–H groups in total. The molecule has 0 atom stereocenters. The van der Waals surface area contributed by atoms with Gasteiger partial charge in [-0.1, -0.05) is 44.5 Å². The van der Waals surface area contributed by atoms with Crippen molar-refractivity contribution < 1.29 is 0 Å². The molecule has 2 nitrogen and oxygen atoms in total. The maximum atomic E-state index is 3.22. The molecule has 1 fully saturated rings. The Morgan fingerprint density at radius 2 is 1.89 bits per heavy atom. The van der Waals surface area contributed by atoms with Gasteiger partial charge in [0, 0.05) is 13.1 Å². The van der Waals surface area contributed by atoms with E-state index in [1.165, 1.54) is 43.5 Å². The van der Waals surface area contributed by atoms with Crippen molar-refractivity contribution in [1.29, 1.82) is 0 Å². The van der Waals surface area contributed by atoms with E-state index in [2.05, 4.69) is 48.3 Å². The second kappa shape index (κ2) is 6.53. The topological polar surface area (TPSA) is 15.3 Å². The van der Waals surface area contributed by atoms with E-state index >= 15 is 0 Å². The standard InChI is InChI=1S/C17H28N2/c1-4-17(2)8-10-19(11-9-17)14-16-7-5-6-15(12-16)13-18-3/h5-7,12,18H,4,8-11,13-14H2,1-3H3. The van der Waals surface area contributed by atoms with Crippen LogP contribution in [0.4, 0.5) is 0 Å². The zero-order chi connectivity index (χ0) is 13.7. The minimum atomic E-state index is 0.588. The molecule has 106 valence electrons. The van der Waals surface area contributed by atoms with E-state index in [0.717, 1.165) is 13.1 Å². The minimum absolute atomic E-state index is 0.588. The quantitative estimate of drug-likeness (QED) is 0.872. The predicted octanol–water partition coefficient (Wildman–Crippen LogP) is 3.42. The average Bonchev–Trinajstić information content (AvgIpc) is 2.43. The van der Waals surface area contributed by atoms with Crippen LogP contribution < -0.4 is 5.32 Å². The van der Waals surface area contributed by atoms with Crippen LogP contribution in [-0.2, 0) is 13.1 Å². The van der Waals surface area contributed by atoms with Crippen molar-refractivity contribution >= 4 is 0 Å². The lowest BCUT2D eigenvalue weighted by Gasteiger charge is -2.39. The van der Waals surface area contributed by atoms with Crippen molar-refractivity contribution in [3.05, 3.63) is 35.4 Å². The number of rotatable bonds is 5. The van der Waals surface area contributed by atoms with Gasteiger partial charge in [-0.3, -0.25) is 4.90 Å². The molecule has 1 saturated heterocycles. The van der Waals surface area contributed by atoms with Crippen molar-refractivity contribution in [1.82, 2.24) is 10.2 Å². The molecule has 0 unspecified atom stereocenters. The maximum Gasteiger partial charge on any atom is 0.0233 e. The molecule has 19 heavy (non-hydrogen) atoms. The summed E-state index contributed by atoms with van der Waals surface area (Å²) in [5.74, 6) is 0. The lowest BCUT2D eigenvalue weighted by molar-refractivity contribution is 0.109. The highest BCUT2D eigenvalue weighted by Gasteiger charge is 2.27. The molecular formula is C17H28N2. The predicted molar refractivity (Wildman–Crippen MR) is 82.1 cm³/mol. The number of hydrogen-bond acceptors (Lipinski definition) is 2. The van der Waals surface area contributed by atoms with Gasteiger partial charge in [0.15, 0.2) is 0 Å². The molecular weight excluding hydrogens is 232 g/mol. The average molecular weight is 260 g/mol. The van der Waals surface area contributed by atoms with E-state index in [4.69, 9.17) is 0 Å².